The van der Waals surface area contributed by atoms with Gasteiger partial charge in [0.2, 0.25) is 5.56 Å². The summed E-state index contributed by atoms with van der Waals surface area (Å²) >= 11 is 0. The molecule has 3 rings (SSSR count). The predicted molar refractivity (Wildman–Crippen MR) is 95.9 cm³/mol. The molecule has 1 aliphatic heterocycles. The van der Waals surface area contributed by atoms with E-state index in [0.717, 1.165) is 24.4 Å². The molecule has 1 aliphatic rings. The molecule has 0 bridgehead atoms. The van der Waals surface area contributed by atoms with Crippen LogP contribution in [-0.4, -0.2) is 42.5 Å². The summed E-state index contributed by atoms with van der Waals surface area (Å²) < 4.78 is 5.23. The van der Waals surface area contributed by atoms with Gasteiger partial charge in [0, 0.05) is 18.8 Å². The second kappa shape index (κ2) is 7.98. The summed E-state index contributed by atoms with van der Waals surface area (Å²) in [6.07, 6.45) is 3.80. The van der Waals surface area contributed by atoms with E-state index in [1.54, 1.807) is 7.11 Å². The van der Waals surface area contributed by atoms with Crippen molar-refractivity contribution < 1.29 is 9.53 Å². The Morgan fingerprint density at radius 1 is 1.20 bits per heavy atom. The zero-order valence-corrected chi connectivity index (χ0v) is 14.3. The molecule has 1 fully saturated rings. The van der Waals surface area contributed by atoms with Crippen molar-refractivity contribution in [2.75, 3.05) is 26.7 Å². The third-order valence-electron chi connectivity index (χ3n) is 4.58. The summed E-state index contributed by atoms with van der Waals surface area (Å²) in [6, 6.07) is 11.0. The summed E-state index contributed by atoms with van der Waals surface area (Å²) in [6.45, 7) is 2.58. The van der Waals surface area contributed by atoms with Crippen molar-refractivity contribution in [1.82, 2.24) is 15.2 Å². The topological polar surface area (TPSA) is 74.4 Å². The molecule has 1 unspecified atom stereocenters. The van der Waals surface area contributed by atoms with Gasteiger partial charge < -0.3 is 15.0 Å². The van der Waals surface area contributed by atoms with Crippen LogP contribution in [0.3, 0.4) is 0 Å². The highest BCUT2D eigenvalue weighted by Gasteiger charge is 2.24. The van der Waals surface area contributed by atoms with Gasteiger partial charge in [-0.1, -0.05) is 12.1 Å². The fourth-order valence-corrected chi connectivity index (χ4v) is 3.18. The number of amides is 1. The number of aromatic nitrogens is 1. The number of benzene rings is 1. The maximum atomic E-state index is 12.3. The molecule has 1 amide bonds. The highest BCUT2D eigenvalue weighted by atomic mass is 16.5. The monoisotopic (exact) mass is 341 g/mol. The molecule has 25 heavy (non-hydrogen) atoms. The number of rotatable bonds is 6. The van der Waals surface area contributed by atoms with Crippen LogP contribution in [0.2, 0.25) is 0 Å². The number of nitrogens with one attached hydrogen (secondary N) is 2. The summed E-state index contributed by atoms with van der Waals surface area (Å²) in [5.74, 6) is 0.634. The van der Waals surface area contributed by atoms with Crippen LogP contribution >= 0.6 is 0 Å². The highest BCUT2D eigenvalue weighted by molar-refractivity contribution is 5.93. The van der Waals surface area contributed by atoms with E-state index in [1.807, 2.05) is 24.3 Å². The lowest BCUT2D eigenvalue weighted by molar-refractivity contribution is 0.0937. The van der Waals surface area contributed by atoms with E-state index in [1.165, 1.54) is 31.2 Å². The third-order valence-corrected chi connectivity index (χ3v) is 4.58. The first-order chi connectivity index (χ1) is 12.2. The lowest BCUT2D eigenvalue weighted by Gasteiger charge is -2.28. The summed E-state index contributed by atoms with van der Waals surface area (Å²) in [7, 11) is 1.65. The van der Waals surface area contributed by atoms with Crippen LogP contribution in [0.5, 0.6) is 5.75 Å². The molecule has 0 radical (unpaired) electrons. The lowest BCUT2D eigenvalue weighted by Crippen LogP contribution is -2.37. The van der Waals surface area contributed by atoms with Crippen LogP contribution in [0.4, 0.5) is 0 Å². The summed E-state index contributed by atoms with van der Waals surface area (Å²) in [5.41, 5.74) is 1.39. The number of methoxy groups -OCH3 is 1. The summed E-state index contributed by atoms with van der Waals surface area (Å²) in [4.78, 5) is 28.4. The van der Waals surface area contributed by atoms with Gasteiger partial charge in [0.05, 0.1) is 18.7 Å². The number of ether oxygens (including phenoxy) is 1. The molecule has 1 saturated heterocycles. The molecule has 1 aromatic carbocycles. The maximum Gasteiger partial charge on any atom is 0.252 e. The molecule has 0 saturated carbocycles. The first-order valence-electron chi connectivity index (χ1n) is 8.52. The van der Waals surface area contributed by atoms with Crippen molar-refractivity contribution in [3.05, 3.63) is 64.1 Å². The average molecular weight is 341 g/mol. The normalized spacial score (nSPS) is 15.7. The fraction of sp³-hybridized carbons (Fsp3) is 0.368. The van der Waals surface area contributed by atoms with Crippen molar-refractivity contribution in [1.29, 1.82) is 0 Å². The van der Waals surface area contributed by atoms with Crippen molar-refractivity contribution in [3.8, 4) is 5.75 Å². The number of likely N-dealkylation sites (tertiary alicyclic amines) is 1. The Morgan fingerprint density at radius 2 is 1.92 bits per heavy atom. The molecule has 0 spiro atoms. The van der Waals surface area contributed by atoms with E-state index in [-0.39, 0.29) is 17.5 Å². The molecule has 6 nitrogen and oxygen atoms in total. The molecule has 1 atom stereocenters. The average Bonchev–Trinajstić information content (AvgIpc) is 3.17. The first kappa shape index (κ1) is 17.2. The Labute approximate surface area is 146 Å². The van der Waals surface area contributed by atoms with Gasteiger partial charge in [-0.05, 0) is 49.7 Å². The molecule has 2 heterocycles. The minimum Gasteiger partial charge on any atom is -0.497 e. The third kappa shape index (κ3) is 4.28. The zero-order chi connectivity index (χ0) is 17.6. The van der Waals surface area contributed by atoms with Crippen LogP contribution in [0, 0.1) is 0 Å². The number of nitrogens with zero attached hydrogens (tertiary/aromatic N) is 1. The van der Waals surface area contributed by atoms with E-state index >= 15 is 0 Å². The number of aromatic amines is 1. The largest absolute Gasteiger partial charge is 0.497 e. The minimum absolute atomic E-state index is 0.125. The molecule has 2 N–H and O–H groups in total. The van der Waals surface area contributed by atoms with Gasteiger partial charge >= 0.3 is 0 Å². The van der Waals surface area contributed by atoms with Gasteiger partial charge in [0.1, 0.15) is 5.75 Å². The highest BCUT2D eigenvalue weighted by Crippen LogP contribution is 2.26. The molecule has 0 aliphatic carbocycles. The Kier molecular flexibility index (Phi) is 5.50. The number of carbonyl (C=O) groups excluding carboxylic acids is 1. The van der Waals surface area contributed by atoms with Crippen molar-refractivity contribution in [2.24, 2.45) is 0 Å². The number of hydrogen-bond donors (Lipinski definition) is 2. The Balaban J connectivity index is 1.71. The summed E-state index contributed by atoms with van der Waals surface area (Å²) in [5, 5.41) is 2.99. The Morgan fingerprint density at radius 3 is 2.52 bits per heavy atom. The number of hydrogen-bond acceptors (Lipinski definition) is 4. The number of pyridine rings is 1. The second-order valence-corrected chi connectivity index (χ2v) is 6.18. The van der Waals surface area contributed by atoms with E-state index < -0.39 is 0 Å². The lowest BCUT2D eigenvalue weighted by atomic mass is 10.0. The fourth-order valence-electron chi connectivity index (χ4n) is 3.18. The minimum atomic E-state index is -0.218. The van der Waals surface area contributed by atoms with E-state index in [4.69, 9.17) is 4.74 Å². The quantitative estimate of drug-likeness (QED) is 0.842. The molecule has 132 valence electrons. The SMILES string of the molecule is COc1ccc(C(CNC(=O)c2ccc(=O)[nH]c2)N2CCCC2)cc1. The van der Waals surface area contributed by atoms with Crippen molar-refractivity contribution in [2.45, 2.75) is 18.9 Å². The Hall–Kier alpha value is -2.60. The smallest absolute Gasteiger partial charge is 0.252 e. The maximum absolute atomic E-state index is 12.3. The van der Waals surface area contributed by atoms with E-state index in [2.05, 4.69) is 15.2 Å². The first-order valence-corrected chi connectivity index (χ1v) is 8.52. The van der Waals surface area contributed by atoms with Gasteiger partial charge in [0.25, 0.3) is 5.91 Å². The number of carbonyl (C=O) groups is 1. The number of H-pyrrole nitrogens is 1. The van der Waals surface area contributed by atoms with Crippen LogP contribution in [-0.2, 0) is 0 Å². The van der Waals surface area contributed by atoms with Gasteiger partial charge in [-0.25, -0.2) is 0 Å². The predicted octanol–water partition coefficient (Wildman–Crippen LogP) is 1.95. The van der Waals surface area contributed by atoms with Crippen LogP contribution in [0.25, 0.3) is 0 Å². The Bertz CT molecular complexity index is 744. The second-order valence-electron chi connectivity index (χ2n) is 6.18. The standard InChI is InChI=1S/C19H23N3O3/c1-25-16-7-4-14(5-8-16)17(22-10-2-3-11-22)13-21-19(24)15-6-9-18(23)20-12-15/h4-9,12,17H,2-3,10-11,13H2,1H3,(H,20,23)(H,21,24). The molecule has 6 heteroatoms. The molecular weight excluding hydrogens is 318 g/mol. The van der Waals surface area contributed by atoms with Crippen molar-refractivity contribution in [3.63, 3.8) is 0 Å². The van der Waals surface area contributed by atoms with Gasteiger partial charge in [-0.15, -0.1) is 0 Å². The van der Waals surface area contributed by atoms with E-state index in [0.29, 0.717) is 12.1 Å². The molecule has 1 aromatic heterocycles. The van der Waals surface area contributed by atoms with Gasteiger partial charge in [-0.2, -0.15) is 0 Å². The van der Waals surface area contributed by atoms with Gasteiger partial charge in [-0.3, -0.25) is 14.5 Å². The van der Waals surface area contributed by atoms with Crippen LogP contribution < -0.4 is 15.6 Å². The van der Waals surface area contributed by atoms with Gasteiger partial charge in [0.15, 0.2) is 0 Å². The van der Waals surface area contributed by atoms with E-state index in [9.17, 15) is 9.59 Å². The van der Waals surface area contributed by atoms with Crippen molar-refractivity contribution >= 4 is 5.91 Å². The zero-order valence-electron chi connectivity index (χ0n) is 14.3. The molecular formula is C19H23N3O3. The van der Waals surface area contributed by atoms with Crippen LogP contribution in [0.15, 0.2) is 47.4 Å². The van der Waals surface area contributed by atoms with Crippen LogP contribution in [0.1, 0.15) is 34.8 Å². The molecule has 2 aromatic rings.